The van der Waals surface area contributed by atoms with E-state index in [0.717, 1.165) is 25.7 Å². The molecular formula is C14H18BrNO4S. The summed E-state index contributed by atoms with van der Waals surface area (Å²) in [6, 6.07) is 2.66. The topological polar surface area (TPSA) is 74.7 Å². The Bertz CT molecular complexity index is 666. The fourth-order valence-electron chi connectivity index (χ4n) is 2.66. The first-order valence-electron chi connectivity index (χ1n) is 6.76. The zero-order valence-corrected chi connectivity index (χ0v) is 14.4. The van der Waals surface area contributed by atoms with Gasteiger partial charge in [0, 0.05) is 17.6 Å². The van der Waals surface area contributed by atoms with Gasteiger partial charge in [0.1, 0.15) is 0 Å². The SMILES string of the molecule is Cc1c(Br)cc(C(=O)O)cc1S(=O)(=O)N(C)C1CCCC1. The minimum Gasteiger partial charge on any atom is -0.478 e. The van der Waals surface area contributed by atoms with Crippen LogP contribution in [0, 0.1) is 6.92 Å². The van der Waals surface area contributed by atoms with E-state index in [4.69, 9.17) is 5.11 Å². The summed E-state index contributed by atoms with van der Waals surface area (Å²) in [5, 5.41) is 9.11. The molecule has 0 radical (unpaired) electrons. The summed E-state index contributed by atoms with van der Waals surface area (Å²) in [4.78, 5) is 11.2. The Morgan fingerprint density at radius 2 is 1.90 bits per heavy atom. The van der Waals surface area contributed by atoms with Gasteiger partial charge >= 0.3 is 5.97 Å². The molecule has 116 valence electrons. The molecule has 1 saturated carbocycles. The monoisotopic (exact) mass is 375 g/mol. The van der Waals surface area contributed by atoms with Gasteiger partial charge in [-0.15, -0.1) is 0 Å². The third-order valence-electron chi connectivity index (χ3n) is 4.04. The van der Waals surface area contributed by atoms with Gasteiger partial charge in [0.15, 0.2) is 0 Å². The molecule has 5 nitrogen and oxygen atoms in total. The molecule has 1 aromatic rings. The molecule has 0 saturated heterocycles. The summed E-state index contributed by atoms with van der Waals surface area (Å²) in [5.74, 6) is -1.14. The Hall–Kier alpha value is -0.920. The summed E-state index contributed by atoms with van der Waals surface area (Å²) in [7, 11) is -2.12. The van der Waals surface area contributed by atoms with E-state index in [1.807, 2.05) is 0 Å². The second-order valence-electron chi connectivity index (χ2n) is 5.35. The molecule has 0 heterocycles. The van der Waals surface area contributed by atoms with Crippen LogP contribution in [0.1, 0.15) is 41.6 Å². The molecule has 0 unspecified atom stereocenters. The number of aromatic carboxylic acids is 1. The Morgan fingerprint density at radius 3 is 2.43 bits per heavy atom. The maximum absolute atomic E-state index is 12.8. The van der Waals surface area contributed by atoms with E-state index in [0.29, 0.717) is 10.0 Å². The maximum atomic E-state index is 12.8. The highest BCUT2D eigenvalue weighted by Crippen LogP contribution is 2.31. The van der Waals surface area contributed by atoms with E-state index in [1.165, 1.54) is 16.4 Å². The molecule has 0 spiro atoms. The highest BCUT2D eigenvalue weighted by atomic mass is 79.9. The number of benzene rings is 1. The fraction of sp³-hybridized carbons (Fsp3) is 0.500. The van der Waals surface area contributed by atoms with Gasteiger partial charge < -0.3 is 5.11 Å². The molecule has 1 aliphatic rings. The highest BCUT2D eigenvalue weighted by Gasteiger charge is 2.32. The van der Waals surface area contributed by atoms with Crippen LogP contribution in [0.2, 0.25) is 0 Å². The fourth-order valence-corrected chi connectivity index (χ4v) is 4.94. The molecule has 2 rings (SSSR count). The van der Waals surface area contributed by atoms with Crippen LogP contribution in [0.3, 0.4) is 0 Å². The van der Waals surface area contributed by atoms with Crippen LogP contribution in [0.5, 0.6) is 0 Å². The molecule has 1 N–H and O–H groups in total. The average molecular weight is 376 g/mol. The molecule has 1 fully saturated rings. The van der Waals surface area contributed by atoms with Crippen molar-refractivity contribution >= 4 is 31.9 Å². The summed E-state index contributed by atoms with van der Waals surface area (Å²) < 4.78 is 27.4. The van der Waals surface area contributed by atoms with Gasteiger partial charge in [-0.2, -0.15) is 4.31 Å². The lowest BCUT2D eigenvalue weighted by molar-refractivity contribution is 0.0696. The molecule has 0 aromatic heterocycles. The standard InChI is InChI=1S/C14H18BrNO4S/c1-9-12(15)7-10(14(17)18)8-13(9)21(19,20)16(2)11-5-3-4-6-11/h7-8,11H,3-6H2,1-2H3,(H,17,18). The smallest absolute Gasteiger partial charge is 0.335 e. The Morgan fingerprint density at radius 1 is 1.33 bits per heavy atom. The average Bonchev–Trinajstić information content (AvgIpc) is 2.94. The highest BCUT2D eigenvalue weighted by molar-refractivity contribution is 9.10. The lowest BCUT2D eigenvalue weighted by Crippen LogP contribution is -2.35. The number of nitrogens with zero attached hydrogens (tertiary/aromatic N) is 1. The van der Waals surface area contributed by atoms with Crippen molar-refractivity contribution in [3.05, 3.63) is 27.7 Å². The number of rotatable bonds is 4. The Labute approximate surface area is 133 Å². The van der Waals surface area contributed by atoms with Crippen molar-refractivity contribution in [2.75, 3.05) is 7.05 Å². The largest absolute Gasteiger partial charge is 0.478 e. The van der Waals surface area contributed by atoms with Gasteiger partial charge in [-0.1, -0.05) is 28.8 Å². The number of carboxylic acid groups (broad SMARTS) is 1. The number of hydrogen-bond acceptors (Lipinski definition) is 3. The molecule has 0 aliphatic heterocycles. The van der Waals surface area contributed by atoms with Gasteiger partial charge in [-0.05, 0) is 37.5 Å². The van der Waals surface area contributed by atoms with Crippen LogP contribution < -0.4 is 0 Å². The van der Waals surface area contributed by atoms with Crippen LogP contribution in [-0.2, 0) is 10.0 Å². The van der Waals surface area contributed by atoms with Gasteiger partial charge in [-0.25, -0.2) is 13.2 Å². The Kier molecular flexibility index (Phi) is 4.75. The minimum atomic E-state index is -3.69. The predicted octanol–water partition coefficient (Wildman–Crippen LogP) is 3.02. The number of hydrogen-bond donors (Lipinski definition) is 1. The molecule has 0 atom stereocenters. The van der Waals surface area contributed by atoms with Gasteiger partial charge in [0.05, 0.1) is 10.5 Å². The molecule has 0 bridgehead atoms. The number of carboxylic acids is 1. The van der Waals surface area contributed by atoms with Crippen molar-refractivity contribution in [3.63, 3.8) is 0 Å². The zero-order valence-electron chi connectivity index (χ0n) is 12.0. The number of carbonyl (C=O) groups is 1. The summed E-state index contributed by atoms with van der Waals surface area (Å²) in [6.45, 7) is 1.67. The molecule has 1 aromatic carbocycles. The van der Waals surface area contributed by atoms with Crippen molar-refractivity contribution in [1.29, 1.82) is 0 Å². The van der Waals surface area contributed by atoms with E-state index in [1.54, 1.807) is 14.0 Å². The third kappa shape index (κ3) is 3.14. The van der Waals surface area contributed by atoms with Gasteiger partial charge in [0.25, 0.3) is 0 Å². The maximum Gasteiger partial charge on any atom is 0.335 e. The molecule has 7 heteroatoms. The van der Waals surface area contributed by atoms with Crippen LogP contribution in [0.4, 0.5) is 0 Å². The van der Waals surface area contributed by atoms with E-state index in [-0.39, 0.29) is 16.5 Å². The van der Waals surface area contributed by atoms with Gasteiger partial charge in [0.2, 0.25) is 10.0 Å². The van der Waals surface area contributed by atoms with Gasteiger partial charge in [-0.3, -0.25) is 0 Å². The third-order valence-corrected chi connectivity index (χ3v) is 6.90. The van der Waals surface area contributed by atoms with Crippen molar-refractivity contribution in [3.8, 4) is 0 Å². The summed E-state index contributed by atoms with van der Waals surface area (Å²) in [5.41, 5.74) is 0.496. The van der Waals surface area contributed by atoms with Crippen molar-refractivity contribution in [2.45, 2.75) is 43.5 Å². The lowest BCUT2D eigenvalue weighted by atomic mass is 10.1. The molecule has 0 amide bonds. The molecule has 21 heavy (non-hydrogen) atoms. The normalized spacial score (nSPS) is 16.6. The van der Waals surface area contributed by atoms with E-state index < -0.39 is 16.0 Å². The summed E-state index contributed by atoms with van der Waals surface area (Å²) in [6.07, 6.45) is 3.77. The van der Waals surface area contributed by atoms with E-state index >= 15 is 0 Å². The summed E-state index contributed by atoms with van der Waals surface area (Å²) >= 11 is 3.24. The Balaban J connectivity index is 2.50. The molecular weight excluding hydrogens is 358 g/mol. The van der Waals surface area contributed by atoms with Crippen LogP contribution in [0.25, 0.3) is 0 Å². The molecule has 1 aliphatic carbocycles. The quantitative estimate of drug-likeness (QED) is 0.877. The predicted molar refractivity (Wildman–Crippen MR) is 83.0 cm³/mol. The zero-order chi connectivity index (χ0) is 15.8. The van der Waals surface area contributed by atoms with E-state index in [9.17, 15) is 13.2 Å². The minimum absolute atomic E-state index is 0.00154. The van der Waals surface area contributed by atoms with Crippen molar-refractivity contribution < 1.29 is 18.3 Å². The van der Waals surface area contributed by atoms with E-state index in [2.05, 4.69) is 15.9 Å². The first-order chi connectivity index (χ1) is 9.75. The first-order valence-corrected chi connectivity index (χ1v) is 9.00. The number of halogens is 1. The second kappa shape index (κ2) is 6.06. The van der Waals surface area contributed by atoms with Crippen molar-refractivity contribution in [1.82, 2.24) is 4.31 Å². The van der Waals surface area contributed by atoms with Crippen molar-refractivity contribution in [2.24, 2.45) is 0 Å². The van der Waals surface area contributed by atoms with Crippen LogP contribution >= 0.6 is 15.9 Å². The lowest BCUT2D eigenvalue weighted by Gasteiger charge is -2.25. The van der Waals surface area contributed by atoms with Crippen LogP contribution in [0.15, 0.2) is 21.5 Å². The number of sulfonamides is 1. The van der Waals surface area contributed by atoms with Crippen LogP contribution in [-0.4, -0.2) is 36.9 Å². The first kappa shape index (κ1) is 16.5. The second-order valence-corrected chi connectivity index (χ2v) is 8.17.